The van der Waals surface area contributed by atoms with Crippen molar-refractivity contribution in [3.63, 3.8) is 0 Å². The SMILES string of the molecule is CC(CNC1CCCC2(C1)N=N2)c1cc(F)cc(F)c1. The molecule has 1 N–H and O–H groups in total. The van der Waals surface area contributed by atoms with E-state index >= 15 is 0 Å². The van der Waals surface area contributed by atoms with Crippen LogP contribution in [-0.4, -0.2) is 18.2 Å². The molecule has 108 valence electrons. The van der Waals surface area contributed by atoms with Crippen LogP contribution in [0.2, 0.25) is 0 Å². The van der Waals surface area contributed by atoms with E-state index < -0.39 is 11.6 Å². The molecule has 0 amide bonds. The van der Waals surface area contributed by atoms with E-state index in [9.17, 15) is 8.78 Å². The summed E-state index contributed by atoms with van der Waals surface area (Å²) in [6.45, 7) is 2.69. The lowest BCUT2D eigenvalue weighted by Crippen LogP contribution is -2.39. The molecule has 1 spiro atoms. The number of nitrogens with one attached hydrogen (secondary N) is 1. The predicted octanol–water partition coefficient (Wildman–Crippen LogP) is 3.76. The van der Waals surface area contributed by atoms with Gasteiger partial charge in [0, 0.05) is 25.1 Å². The molecule has 5 heteroatoms. The Labute approximate surface area is 117 Å². The molecule has 1 aromatic carbocycles. The Morgan fingerprint density at radius 3 is 2.65 bits per heavy atom. The normalized spacial score (nSPS) is 24.9. The molecule has 1 aliphatic carbocycles. The second kappa shape index (κ2) is 5.20. The molecule has 2 aliphatic rings. The first-order valence-electron chi connectivity index (χ1n) is 7.20. The molecule has 0 bridgehead atoms. The van der Waals surface area contributed by atoms with Crippen molar-refractivity contribution in [2.24, 2.45) is 10.2 Å². The third-order valence-corrected chi connectivity index (χ3v) is 4.25. The molecular weight excluding hydrogens is 260 g/mol. The van der Waals surface area contributed by atoms with E-state index in [1.54, 1.807) is 0 Å². The Kier molecular flexibility index (Phi) is 3.54. The van der Waals surface area contributed by atoms with Crippen LogP contribution in [0.3, 0.4) is 0 Å². The highest BCUT2D eigenvalue weighted by molar-refractivity contribution is 5.21. The van der Waals surface area contributed by atoms with Crippen LogP contribution in [-0.2, 0) is 0 Å². The Balaban J connectivity index is 1.54. The van der Waals surface area contributed by atoms with Crippen LogP contribution >= 0.6 is 0 Å². The van der Waals surface area contributed by atoms with Gasteiger partial charge in [0.25, 0.3) is 0 Å². The van der Waals surface area contributed by atoms with Gasteiger partial charge in [-0.15, -0.1) is 0 Å². The first kappa shape index (κ1) is 13.6. The largest absolute Gasteiger partial charge is 0.313 e. The van der Waals surface area contributed by atoms with Gasteiger partial charge in [0.05, 0.1) is 0 Å². The fourth-order valence-corrected chi connectivity index (χ4v) is 2.98. The molecule has 1 aliphatic heterocycles. The zero-order chi connectivity index (χ0) is 14.2. The van der Waals surface area contributed by atoms with Gasteiger partial charge in [0.2, 0.25) is 0 Å². The average Bonchev–Trinajstić information content (AvgIpc) is 3.14. The van der Waals surface area contributed by atoms with E-state index in [0.717, 1.165) is 31.7 Å². The van der Waals surface area contributed by atoms with Crippen LogP contribution in [0.1, 0.15) is 44.1 Å². The lowest BCUT2D eigenvalue weighted by Gasteiger charge is -2.28. The van der Waals surface area contributed by atoms with E-state index in [1.165, 1.54) is 12.1 Å². The Morgan fingerprint density at radius 2 is 2.00 bits per heavy atom. The first-order chi connectivity index (χ1) is 9.56. The zero-order valence-electron chi connectivity index (χ0n) is 11.6. The quantitative estimate of drug-likeness (QED) is 0.895. The minimum Gasteiger partial charge on any atom is -0.313 e. The molecule has 0 saturated heterocycles. The van der Waals surface area contributed by atoms with Crippen molar-refractivity contribution in [2.45, 2.75) is 50.2 Å². The van der Waals surface area contributed by atoms with Gasteiger partial charge in [-0.25, -0.2) is 8.78 Å². The standard InChI is InChI=1S/C15H19F2N3/c1-10(11-5-12(16)7-13(17)6-11)9-18-14-3-2-4-15(8-14)19-20-15/h5-7,10,14,18H,2-4,8-9H2,1H3. The maximum atomic E-state index is 13.2. The van der Waals surface area contributed by atoms with Crippen LogP contribution in [0.4, 0.5) is 8.78 Å². The van der Waals surface area contributed by atoms with Crippen molar-refractivity contribution >= 4 is 0 Å². The van der Waals surface area contributed by atoms with E-state index in [4.69, 9.17) is 0 Å². The third kappa shape index (κ3) is 3.03. The second-order valence-corrected chi connectivity index (χ2v) is 5.99. The van der Waals surface area contributed by atoms with Gasteiger partial charge in [-0.3, -0.25) is 0 Å². The molecular formula is C15H19F2N3. The second-order valence-electron chi connectivity index (χ2n) is 5.99. The van der Waals surface area contributed by atoms with Gasteiger partial charge in [-0.2, -0.15) is 10.2 Å². The summed E-state index contributed by atoms with van der Waals surface area (Å²) >= 11 is 0. The fourth-order valence-electron chi connectivity index (χ4n) is 2.98. The average molecular weight is 279 g/mol. The van der Waals surface area contributed by atoms with Gasteiger partial charge >= 0.3 is 0 Å². The first-order valence-corrected chi connectivity index (χ1v) is 7.20. The van der Waals surface area contributed by atoms with Crippen LogP contribution in [0.25, 0.3) is 0 Å². The number of hydrogen-bond acceptors (Lipinski definition) is 3. The van der Waals surface area contributed by atoms with Crippen molar-refractivity contribution in [3.8, 4) is 0 Å². The number of halogens is 2. The molecule has 1 fully saturated rings. The number of rotatable bonds is 4. The van der Waals surface area contributed by atoms with Gasteiger partial charge in [0.1, 0.15) is 11.6 Å². The lowest BCUT2D eigenvalue weighted by atomic mass is 9.88. The molecule has 3 nitrogen and oxygen atoms in total. The predicted molar refractivity (Wildman–Crippen MR) is 72.6 cm³/mol. The molecule has 0 radical (unpaired) electrons. The molecule has 20 heavy (non-hydrogen) atoms. The van der Waals surface area contributed by atoms with Crippen molar-refractivity contribution in [3.05, 3.63) is 35.4 Å². The molecule has 0 aromatic heterocycles. The van der Waals surface area contributed by atoms with Crippen molar-refractivity contribution in [1.29, 1.82) is 0 Å². The summed E-state index contributed by atoms with van der Waals surface area (Å²) in [6, 6.07) is 4.12. The topological polar surface area (TPSA) is 36.8 Å². The van der Waals surface area contributed by atoms with Crippen LogP contribution < -0.4 is 5.32 Å². The summed E-state index contributed by atoms with van der Waals surface area (Å²) in [5, 5.41) is 11.8. The lowest BCUT2D eigenvalue weighted by molar-refractivity contribution is 0.307. The highest BCUT2D eigenvalue weighted by atomic mass is 19.1. The zero-order valence-corrected chi connectivity index (χ0v) is 11.6. The summed E-state index contributed by atoms with van der Waals surface area (Å²) in [5.41, 5.74) is 0.603. The Hall–Kier alpha value is -1.36. The van der Waals surface area contributed by atoms with Crippen molar-refractivity contribution in [1.82, 2.24) is 5.32 Å². The van der Waals surface area contributed by atoms with E-state index in [-0.39, 0.29) is 11.6 Å². The van der Waals surface area contributed by atoms with Crippen molar-refractivity contribution in [2.75, 3.05) is 6.54 Å². The summed E-state index contributed by atoms with van der Waals surface area (Å²) in [5.74, 6) is -0.954. The summed E-state index contributed by atoms with van der Waals surface area (Å²) in [6.07, 6.45) is 4.28. The van der Waals surface area contributed by atoms with Gasteiger partial charge < -0.3 is 5.32 Å². The van der Waals surface area contributed by atoms with Crippen LogP contribution in [0.5, 0.6) is 0 Å². The third-order valence-electron chi connectivity index (χ3n) is 4.25. The molecule has 1 aromatic rings. The van der Waals surface area contributed by atoms with Gasteiger partial charge in [-0.1, -0.05) is 6.92 Å². The highest BCUT2D eigenvalue weighted by Crippen LogP contribution is 2.42. The highest BCUT2D eigenvalue weighted by Gasteiger charge is 2.44. The van der Waals surface area contributed by atoms with Crippen molar-refractivity contribution < 1.29 is 8.78 Å². The summed E-state index contributed by atoms with van der Waals surface area (Å²) in [7, 11) is 0. The Morgan fingerprint density at radius 1 is 1.30 bits per heavy atom. The maximum Gasteiger partial charge on any atom is 0.192 e. The molecule has 3 rings (SSSR count). The smallest absolute Gasteiger partial charge is 0.192 e. The van der Waals surface area contributed by atoms with Crippen LogP contribution in [0.15, 0.2) is 28.4 Å². The van der Waals surface area contributed by atoms with E-state index in [2.05, 4.69) is 15.5 Å². The van der Waals surface area contributed by atoms with Gasteiger partial charge in [-0.05, 0) is 42.9 Å². The van der Waals surface area contributed by atoms with Crippen LogP contribution in [0, 0.1) is 11.6 Å². The van der Waals surface area contributed by atoms with E-state index in [1.807, 2.05) is 6.92 Å². The molecule has 2 atom stereocenters. The number of hydrogen-bond donors (Lipinski definition) is 1. The Bertz CT molecular complexity index is 504. The minimum absolute atomic E-state index is 0.0751. The molecule has 1 saturated carbocycles. The monoisotopic (exact) mass is 279 g/mol. The number of benzene rings is 1. The minimum atomic E-state index is -0.515. The number of nitrogens with zero attached hydrogens (tertiary/aromatic N) is 2. The fraction of sp³-hybridized carbons (Fsp3) is 0.600. The molecule has 1 heterocycles. The summed E-state index contributed by atoms with van der Waals surface area (Å²) < 4.78 is 26.4. The molecule has 2 unspecified atom stereocenters. The van der Waals surface area contributed by atoms with E-state index in [0.29, 0.717) is 18.2 Å². The maximum absolute atomic E-state index is 13.2. The summed E-state index contributed by atoms with van der Waals surface area (Å²) in [4.78, 5) is 0. The van der Waals surface area contributed by atoms with Gasteiger partial charge in [0.15, 0.2) is 5.66 Å².